The Morgan fingerprint density at radius 2 is 1.90 bits per heavy atom. The van der Waals surface area contributed by atoms with Crippen molar-refractivity contribution in [2.75, 3.05) is 11.9 Å². The normalized spacial score (nSPS) is 10.2. The Balaban J connectivity index is 2.14. The van der Waals surface area contributed by atoms with E-state index in [1.54, 1.807) is 24.3 Å². The summed E-state index contributed by atoms with van der Waals surface area (Å²) in [5.41, 5.74) is 9.01. The molecule has 0 bridgehead atoms. The van der Waals surface area contributed by atoms with Gasteiger partial charge in [-0.15, -0.1) is 0 Å². The SMILES string of the molecule is CCOc1ccc(C(=O)Nc2cc(CN)ccc2C)cc1. The zero-order valence-corrected chi connectivity index (χ0v) is 12.3. The van der Waals surface area contributed by atoms with Crippen LogP contribution in [0.5, 0.6) is 5.75 Å². The standard InChI is InChI=1S/C17H20N2O2/c1-3-21-15-8-6-14(7-9-15)17(20)19-16-10-13(11-18)5-4-12(16)2/h4-10H,3,11,18H2,1-2H3,(H,19,20). The number of carbonyl (C=O) groups excluding carboxylic acids is 1. The molecule has 110 valence electrons. The van der Waals surface area contributed by atoms with Crippen LogP contribution in [0.25, 0.3) is 0 Å². The van der Waals surface area contributed by atoms with E-state index in [1.807, 2.05) is 32.0 Å². The third-order valence-corrected chi connectivity index (χ3v) is 3.21. The molecule has 2 rings (SSSR count). The number of ether oxygens (including phenoxy) is 1. The summed E-state index contributed by atoms with van der Waals surface area (Å²) in [5, 5.41) is 2.92. The summed E-state index contributed by atoms with van der Waals surface area (Å²) >= 11 is 0. The molecule has 0 saturated carbocycles. The summed E-state index contributed by atoms with van der Waals surface area (Å²) in [7, 11) is 0. The molecule has 0 saturated heterocycles. The van der Waals surface area contributed by atoms with Crippen LogP contribution >= 0.6 is 0 Å². The van der Waals surface area contributed by atoms with Gasteiger partial charge in [0, 0.05) is 17.8 Å². The molecule has 0 aromatic heterocycles. The van der Waals surface area contributed by atoms with Crippen LogP contribution in [0.4, 0.5) is 5.69 Å². The summed E-state index contributed by atoms with van der Waals surface area (Å²) in [6.45, 7) is 4.94. The highest BCUT2D eigenvalue weighted by Crippen LogP contribution is 2.19. The molecular weight excluding hydrogens is 264 g/mol. The molecular formula is C17H20N2O2. The quantitative estimate of drug-likeness (QED) is 0.886. The van der Waals surface area contributed by atoms with Crippen molar-refractivity contribution >= 4 is 11.6 Å². The Labute approximate surface area is 124 Å². The van der Waals surface area contributed by atoms with Crippen LogP contribution in [0.1, 0.15) is 28.4 Å². The minimum atomic E-state index is -0.143. The third kappa shape index (κ3) is 3.83. The predicted molar refractivity (Wildman–Crippen MR) is 84.6 cm³/mol. The lowest BCUT2D eigenvalue weighted by atomic mass is 10.1. The lowest BCUT2D eigenvalue weighted by Crippen LogP contribution is -2.13. The molecule has 0 fully saturated rings. The first kappa shape index (κ1) is 15.1. The molecule has 2 aromatic rings. The van der Waals surface area contributed by atoms with Crippen molar-refractivity contribution in [2.45, 2.75) is 20.4 Å². The van der Waals surface area contributed by atoms with Gasteiger partial charge in [0.2, 0.25) is 0 Å². The maximum absolute atomic E-state index is 12.3. The van der Waals surface area contributed by atoms with Crippen LogP contribution in [0, 0.1) is 6.92 Å². The summed E-state index contributed by atoms with van der Waals surface area (Å²) in [6.07, 6.45) is 0. The number of rotatable bonds is 5. The average Bonchev–Trinajstić information content (AvgIpc) is 2.50. The molecule has 21 heavy (non-hydrogen) atoms. The Bertz CT molecular complexity index is 621. The molecule has 3 N–H and O–H groups in total. The maximum Gasteiger partial charge on any atom is 0.255 e. The second-order valence-electron chi connectivity index (χ2n) is 4.76. The fourth-order valence-electron chi connectivity index (χ4n) is 1.99. The van der Waals surface area contributed by atoms with Crippen LogP contribution < -0.4 is 15.8 Å². The van der Waals surface area contributed by atoms with E-state index in [9.17, 15) is 4.79 Å². The van der Waals surface area contributed by atoms with E-state index >= 15 is 0 Å². The molecule has 0 atom stereocenters. The van der Waals surface area contributed by atoms with Crippen LogP contribution in [0.15, 0.2) is 42.5 Å². The van der Waals surface area contributed by atoms with Crippen LogP contribution in [0.3, 0.4) is 0 Å². The highest BCUT2D eigenvalue weighted by molar-refractivity contribution is 6.04. The molecule has 0 spiro atoms. The molecule has 4 heteroatoms. The Morgan fingerprint density at radius 3 is 2.52 bits per heavy atom. The van der Waals surface area contributed by atoms with Crippen molar-refractivity contribution in [3.63, 3.8) is 0 Å². The van der Waals surface area contributed by atoms with Gasteiger partial charge >= 0.3 is 0 Å². The van der Waals surface area contributed by atoms with Gasteiger partial charge in [-0.1, -0.05) is 12.1 Å². The minimum Gasteiger partial charge on any atom is -0.494 e. The minimum absolute atomic E-state index is 0.143. The van der Waals surface area contributed by atoms with Crippen molar-refractivity contribution in [1.82, 2.24) is 0 Å². The van der Waals surface area contributed by atoms with Gasteiger partial charge < -0.3 is 15.8 Å². The highest BCUT2D eigenvalue weighted by atomic mass is 16.5. The van der Waals surface area contributed by atoms with Gasteiger partial charge in [-0.3, -0.25) is 4.79 Å². The fourth-order valence-corrected chi connectivity index (χ4v) is 1.99. The molecule has 4 nitrogen and oxygen atoms in total. The summed E-state index contributed by atoms with van der Waals surface area (Å²) in [5.74, 6) is 0.616. The van der Waals surface area contributed by atoms with Crippen molar-refractivity contribution in [3.05, 3.63) is 59.2 Å². The predicted octanol–water partition coefficient (Wildman–Crippen LogP) is 3.10. The molecule has 0 heterocycles. The van der Waals surface area contributed by atoms with Gasteiger partial charge in [0.25, 0.3) is 5.91 Å². The summed E-state index contributed by atoms with van der Waals surface area (Å²) in [4.78, 5) is 12.3. The largest absolute Gasteiger partial charge is 0.494 e. The average molecular weight is 284 g/mol. The molecule has 0 aliphatic rings. The van der Waals surface area contributed by atoms with Crippen molar-refractivity contribution in [2.24, 2.45) is 5.73 Å². The summed E-state index contributed by atoms with van der Waals surface area (Å²) in [6, 6.07) is 12.9. The summed E-state index contributed by atoms with van der Waals surface area (Å²) < 4.78 is 5.36. The van der Waals surface area contributed by atoms with E-state index in [0.29, 0.717) is 18.7 Å². The lowest BCUT2D eigenvalue weighted by molar-refractivity contribution is 0.102. The molecule has 0 aliphatic heterocycles. The number of nitrogens with two attached hydrogens (primary N) is 1. The molecule has 0 unspecified atom stereocenters. The van der Waals surface area contributed by atoms with E-state index < -0.39 is 0 Å². The number of benzene rings is 2. The van der Waals surface area contributed by atoms with Crippen molar-refractivity contribution in [3.8, 4) is 5.75 Å². The number of amides is 1. The van der Waals surface area contributed by atoms with Gasteiger partial charge in [-0.25, -0.2) is 0 Å². The topological polar surface area (TPSA) is 64.3 Å². The second-order valence-corrected chi connectivity index (χ2v) is 4.76. The Morgan fingerprint density at radius 1 is 1.19 bits per heavy atom. The monoisotopic (exact) mass is 284 g/mol. The van der Waals surface area contributed by atoms with E-state index in [4.69, 9.17) is 10.5 Å². The zero-order chi connectivity index (χ0) is 15.2. The Kier molecular flexibility index (Phi) is 4.95. The number of aryl methyl sites for hydroxylation is 1. The lowest BCUT2D eigenvalue weighted by Gasteiger charge is -2.10. The van der Waals surface area contributed by atoms with E-state index in [-0.39, 0.29) is 5.91 Å². The number of anilines is 1. The smallest absolute Gasteiger partial charge is 0.255 e. The number of hydrogen-bond donors (Lipinski definition) is 2. The van der Waals surface area contributed by atoms with Gasteiger partial charge in [-0.05, 0) is 55.3 Å². The van der Waals surface area contributed by atoms with Crippen LogP contribution in [0.2, 0.25) is 0 Å². The molecule has 0 aliphatic carbocycles. The van der Waals surface area contributed by atoms with Crippen LogP contribution in [-0.2, 0) is 6.54 Å². The zero-order valence-electron chi connectivity index (χ0n) is 12.3. The number of nitrogens with one attached hydrogen (secondary N) is 1. The van der Waals surface area contributed by atoms with E-state index in [0.717, 1.165) is 22.6 Å². The van der Waals surface area contributed by atoms with Gasteiger partial charge in [-0.2, -0.15) is 0 Å². The first-order valence-corrected chi connectivity index (χ1v) is 6.98. The second kappa shape index (κ2) is 6.90. The van der Waals surface area contributed by atoms with Crippen molar-refractivity contribution < 1.29 is 9.53 Å². The third-order valence-electron chi connectivity index (χ3n) is 3.21. The molecule has 1 amide bonds. The number of hydrogen-bond acceptors (Lipinski definition) is 3. The first-order valence-electron chi connectivity index (χ1n) is 6.98. The van der Waals surface area contributed by atoms with E-state index in [1.165, 1.54) is 0 Å². The van der Waals surface area contributed by atoms with Gasteiger partial charge in [0.05, 0.1) is 6.61 Å². The first-order chi connectivity index (χ1) is 10.1. The Hall–Kier alpha value is -2.33. The van der Waals surface area contributed by atoms with Crippen molar-refractivity contribution in [1.29, 1.82) is 0 Å². The number of carbonyl (C=O) groups is 1. The van der Waals surface area contributed by atoms with Gasteiger partial charge in [0.1, 0.15) is 5.75 Å². The molecule has 0 radical (unpaired) electrons. The van der Waals surface area contributed by atoms with E-state index in [2.05, 4.69) is 5.32 Å². The maximum atomic E-state index is 12.3. The highest BCUT2D eigenvalue weighted by Gasteiger charge is 2.08. The van der Waals surface area contributed by atoms with Gasteiger partial charge in [0.15, 0.2) is 0 Å². The van der Waals surface area contributed by atoms with Crippen LogP contribution in [-0.4, -0.2) is 12.5 Å². The molecule has 2 aromatic carbocycles. The fraction of sp³-hybridized carbons (Fsp3) is 0.235.